The minimum absolute atomic E-state index is 0.0284. The molecule has 1 amide bonds. The quantitative estimate of drug-likeness (QED) is 0.167. The molecule has 2 heterocycles. The van der Waals surface area contributed by atoms with Crippen LogP contribution >= 0.6 is 0 Å². The average molecular weight is 574 g/mol. The van der Waals surface area contributed by atoms with Crippen LogP contribution in [0.2, 0.25) is 0 Å². The Labute approximate surface area is 249 Å². The van der Waals surface area contributed by atoms with Gasteiger partial charge in [-0.25, -0.2) is 4.68 Å². The lowest BCUT2D eigenvalue weighted by Gasteiger charge is -2.39. The lowest BCUT2D eigenvalue weighted by Crippen LogP contribution is -2.50. The van der Waals surface area contributed by atoms with E-state index in [-0.39, 0.29) is 17.6 Å². The van der Waals surface area contributed by atoms with E-state index in [0.717, 1.165) is 5.56 Å². The summed E-state index contributed by atoms with van der Waals surface area (Å²) < 4.78 is 6.96. The lowest BCUT2D eigenvalue weighted by atomic mass is 9.96. The van der Waals surface area contributed by atoms with Gasteiger partial charge in [-0.1, -0.05) is 72.8 Å². The zero-order valence-electron chi connectivity index (χ0n) is 23.7. The van der Waals surface area contributed by atoms with Crippen LogP contribution in [0.25, 0.3) is 16.9 Å². The molecule has 5 aromatic rings. The minimum atomic E-state index is -0.446. The van der Waals surface area contributed by atoms with Crippen LogP contribution in [0.5, 0.6) is 5.75 Å². The van der Waals surface area contributed by atoms with Crippen molar-refractivity contribution in [3.63, 3.8) is 0 Å². The molecule has 0 bridgehead atoms. The molecule has 1 aliphatic rings. The summed E-state index contributed by atoms with van der Waals surface area (Å²) in [6.07, 6.45) is 0. The van der Waals surface area contributed by atoms with Crippen molar-refractivity contribution in [2.75, 3.05) is 33.3 Å². The number of methoxy groups -OCH3 is 1. The van der Waals surface area contributed by atoms with E-state index in [0.29, 0.717) is 49.0 Å². The van der Waals surface area contributed by atoms with Gasteiger partial charge in [0.2, 0.25) is 0 Å². The Hall–Kier alpha value is -5.28. The summed E-state index contributed by atoms with van der Waals surface area (Å²) >= 11 is 0. The summed E-state index contributed by atoms with van der Waals surface area (Å²) in [5.41, 5.74) is 4.76. The van der Waals surface area contributed by atoms with E-state index in [1.165, 1.54) is 23.3 Å². The highest BCUT2D eigenvalue weighted by atomic mass is 16.6. The highest BCUT2D eigenvalue weighted by molar-refractivity contribution is 5.94. The topological polar surface area (TPSA) is 93.7 Å². The second kappa shape index (κ2) is 12.3. The molecule has 0 atom stereocenters. The Bertz CT molecular complexity index is 1670. The van der Waals surface area contributed by atoms with E-state index in [4.69, 9.17) is 9.84 Å². The summed E-state index contributed by atoms with van der Waals surface area (Å²) in [4.78, 5) is 29.1. The summed E-state index contributed by atoms with van der Waals surface area (Å²) in [6, 6.07) is 36.3. The molecule has 0 unspecified atom stereocenters. The first kappa shape index (κ1) is 27.9. The van der Waals surface area contributed by atoms with Gasteiger partial charge in [-0.2, -0.15) is 5.10 Å². The molecule has 6 rings (SSSR count). The number of rotatable bonds is 8. The second-order valence-electron chi connectivity index (χ2n) is 10.4. The van der Waals surface area contributed by atoms with Crippen LogP contribution in [0.4, 0.5) is 5.69 Å². The molecule has 9 heteroatoms. The van der Waals surface area contributed by atoms with Crippen LogP contribution in [-0.4, -0.2) is 63.7 Å². The van der Waals surface area contributed by atoms with E-state index in [1.807, 2.05) is 41.3 Å². The van der Waals surface area contributed by atoms with E-state index >= 15 is 0 Å². The maximum absolute atomic E-state index is 14.1. The van der Waals surface area contributed by atoms with Crippen LogP contribution in [0, 0.1) is 10.1 Å². The van der Waals surface area contributed by atoms with E-state index in [9.17, 15) is 14.9 Å². The van der Waals surface area contributed by atoms with E-state index in [2.05, 4.69) is 53.4 Å². The van der Waals surface area contributed by atoms with Gasteiger partial charge in [0.25, 0.3) is 11.6 Å². The number of non-ortho nitro benzene ring substituents is 1. The molecule has 0 N–H and O–H groups in total. The minimum Gasteiger partial charge on any atom is -0.497 e. The molecule has 0 spiro atoms. The number of hydrogen-bond donors (Lipinski definition) is 0. The zero-order valence-corrected chi connectivity index (χ0v) is 23.7. The SMILES string of the molecule is COc1cccc(-c2cc(C(=O)N3CCN(C(c4ccccc4)c4ccccc4)CC3)n(-c3ccc([N+](=O)[O-])cc3)n2)c1. The fourth-order valence-electron chi connectivity index (χ4n) is 5.60. The summed E-state index contributed by atoms with van der Waals surface area (Å²) in [6.45, 7) is 2.51. The number of amides is 1. The Kier molecular flexibility index (Phi) is 7.97. The first-order chi connectivity index (χ1) is 21.0. The molecule has 9 nitrogen and oxygen atoms in total. The van der Waals surface area contributed by atoms with Crippen molar-refractivity contribution in [2.24, 2.45) is 0 Å². The van der Waals surface area contributed by atoms with Gasteiger partial charge >= 0.3 is 0 Å². The predicted octanol–water partition coefficient (Wildman–Crippen LogP) is 6.00. The first-order valence-electron chi connectivity index (χ1n) is 14.1. The van der Waals surface area contributed by atoms with Gasteiger partial charge in [0.15, 0.2) is 0 Å². The van der Waals surface area contributed by atoms with Crippen molar-refractivity contribution in [2.45, 2.75) is 6.04 Å². The van der Waals surface area contributed by atoms with Crippen LogP contribution < -0.4 is 4.74 Å². The molecular weight excluding hydrogens is 542 g/mol. The molecule has 1 aromatic heterocycles. The van der Waals surface area contributed by atoms with Crippen molar-refractivity contribution >= 4 is 11.6 Å². The molecule has 1 aliphatic heterocycles. The summed E-state index contributed by atoms with van der Waals surface area (Å²) in [5.74, 6) is 0.536. The zero-order chi connectivity index (χ0) is 29.8. The van der Waals surface area contributed by atoms with Gasteiger partial charge < -0.3 is 9.64 Å². The Balaban J connectivity index is 1.29. The van der Waals surface area contributed by atoms with Gasteiger partial charge in [0.05, 0.1) is 29.5 Å². The average Bonchev–Trinajstić information content (AvgIpc) is 3.52. The number of benzene rings is 4. The second-order valence-corrected chi connectivity index (χ2v) is 10.4. The van der Waals surface area contributed by atoms with E-state index < -0.39 is 4.92 Å². The summed E-state index contributed by atoms with van der Waals surface area (Å²) in [5, 5.41) is 16.0. The third-order valence-corrected chi connectivity index (χ3v) is 7.80. The molecule has 43 heavy (non-hydrogen) atoms. The maximum atomic E-state index is 14.1. The molecule has 0 radical (unpaired) electrons. The fourth-order valence-corrected chi connectivity index (χ4v) is 5.60. The van der Waals surface area contributed by atoms with Gasteiger partial charge in [-0.15, -0.1) is 0 Å². The van der Waals surface area contributed by atoms with Crippen molar-refractivity contribution in [1.82, 2.24) is 19.6 Å². The molecular formula is C34H31N5O4. The van der Waals surface area contributed by atoms with Gasteiger partial charge in [0, 0.05) is 43.9 Å². The highest BCUT2D eigenvalue weighted by Gasteiger charge is 2.30. The molecule has 0 saturated carbocycles. The third kappa shape index (κ3) is 5.89. The smallest absolute Gasteiger partial charge is 0.272 e. The number of ether oxygens (including phenoxy) is 1. The fraction of sp³-hybridized carbons (Fsp3) is 0.176. The molecule has 1 fully saturated rings. The van der Waals surface area contributed by atoms with Crippen LogP contribution in [0.1, 0.15) is 27.7 Å². The van der Waals surface area contributed by atoms with Gasteiger partial charge in [-0.05, 0) is 41.5 Å². The Morgan fingerprint density at radius 2 is 1.44 bits per heavy atom. The number of carbonyl (C=O) groups excluding carboxylic acids is 1. The summed E-state index contributed by atoms with van der Waals surface area (Å²) in [7, 11) is 1.60. The third-order valence-electron chi connectivity index (χ3n) is 7.80. The molecule has 0 aliphatic carbocycles. The van der Waals surface area contributed by atoms with Crippen molar-refractivity contribution < 1.29 is 14.5 Å². The van der Waals surface area contributed by atoms with Gasteiger partial charge in [0.1, 0.15) is 11.4 Å². The number of nitrogens with zero attached hydrogens (tertiary/aromatic N) is 5. The Morgan fingerprint density at radius 1 is 0.814 bits per heavy atom. The van der Waals surface area contributed by atoms with Crippen molar-refractivity contribution in [3.8, 4) is 22.7 Å². The lowest BCUT2D eigenvalue weighted by molar-refractivity contribution is -0.384. The number of carbonyl (C=O) groups is 1. The molecule has 4 aromatic carbocycles. The van der Waals surface area contributed by atoms with Crippen molar-refractivity contribution in [3.05, 3.63) is 142 Å². The van der Waals surface area contributed by atoms with Crippen LogP contribution in [0.3, 0.4) is 0 Å². The normalized spacial score (nSPS) is 13.7. The number of nitro groups is 1. The standard InChI is InChI=1S/C34H31N5O4/c1-43-30-14-8-13-27(23-30)31-24-32(38(35-31)28-15-17-29(18-16-28)39(41)42)34(40)37-21-19-36(20-22-37)33(25-9-4-2-5-10-25)26-11-6-3-7-12-26/h2-18,23-24,33H,19-22H2,1H3. The maximum Gasteiger partial charge on any atom is 0.272 e. The first-order valence-corrected chi connectivity index (χ1v) is 14.1. The van der Waals surface area contributed by atoms with Crippen molar-refractivity contribution in [1.29, 1.82) is 0 Å². The number of aromatic nitrogens is 2. The van der Waals surface area contributed by atoms with Gasteiger partial charge in [-0.3, -0.25) is 19.8 Å². The monoisotopic (exact) mass is 573 g/mol. The molecule has 1 saturated heterocycles. The van der Waals surface area contributed by atoms with Crippen LogP contribution in [-0.2, 0) is 0 Å². The number of piperazine rings is 1. The number of hydrogen-bond acceptors (Lipinski definition) is 6. The Morgan fingerprint density at radius 3 is 2.02 bits per heavy atom. The largest absolute Gasteiger partial charge is 0.497 e. The number of nitro benzene ring substituents is 1. The highest BCUT2D eigenvalue weighted by Crippen LogP contribution is 2.31. The molecule has 216 valence electrons. The van der Waals surface area contributed by atoms with E-state index in [1.54, 1.807) is 30.0 Å². The predicted molar refractivity (Wildman–Crippen MR) is 164 cm³/mol. The van der Waals surface area contributed by atoms with Crippen LogP contribution in [0.15, 0.2) is 115 Å².